The quantitative estimate of drug-likeness (QED) is 0.729. The molecule has 0 amide bonds. The summed E-state index contributed by atoms with van der Waals surface area (Å²) in [5, 5.41) is 1.21. The van der Waals surface area contributed by atoms with Crippen molar-refractivity contribution in [1.29, 1.82) is 0 Å². The third kappa shape index (κ3) is 1.95. The standard InChI is InChI=1S/C12H20N2S/c1-8(2)14-6-10-11(12(4,5)7-14)13-9(3)15-10/h8H,6-7H2,1-5H3. The molecular weight excluding hydrogens is 204 g/mol. The predicted molar refractivity (Wildman–Crippen MR) is 65.4 cm³/mol. The zero-order chi connectivity index (χ0) is 11.2. The summed E-state index contributed by atoms with van der Waals surface area (Å²) in [4.78, 5) is 8.70. The molecule has 1 aliphatic rings. The van der Waals surface area contributed by atoms with Gasteiger partial charge in [-0.2, -0.15) is 0 Å². The summed E-state index contributed by atoms with van der Waals surface area (Å²) in [6.07, 6.45) is 0. The number of rotatable bonds is 1. The zero-order valence-electron chi connectivity index (χ0n) is 10.3. The van der Waals surface area contributed by atoms with Crippen LogP contribution in [0.3, 0.4) is 0 Å². The molecule has 0 unspecified atom stereocenters. The highest BCUT2D eigenvalue weighted by molar-refractivity contribution is 7.11. The third-order valence-corrected chi connectivity index (χ3v) is 4.08. The summed E-state index contributed by atoms with van der Waals surface area (Å²) in [5.74, 6) is 0. The topological polar surface area (TPSA) is 16.1 Å². The minimum Gasteiger partial charge on any atom is -0.295 e. The van der Waals surface area contributed by atoms with Gasteiger partial charge in [-0.1, -0.05) is 13.8 Å². The van der Waals surface area contributed by atoms with Crippen LogP contribution in [0.1, 0.15) is 43.3 Å². The maximum atomic E-state index is 4.69. The predicted octanol–water partition coefficient (Wildman–Crippen LogP) is 2.95. The molecule has 84 valence electrons. The minimum absolute atomic E-state index is 0.211. The fraction of sp³-hybridized carbons (Fsp3) is 0.750. The van der Waals surface area contributed by atoms with Crippen molar-refractivity contribution in [3.63, 3.8) is 0 Å². The number of aromatic nitrogens is 1. The molecule has 1 aromatic rings. The van der Waals surface area contributed by atoms with Gasteiger partial charge in [-0.3, -0.25) is 4.90 Å². The Morgan fingerprint density at radius 1 is 1.40 bits per heavy atom. The Hall–Kier alpha value is -0.410. The molecule has 0 saturated carbocycles. The van der Waals surface area contributed by atoms with Crippen LogP contribution in [0.4, 0.5) is 0 Å². The van der Waals surface area contributed by atoms with Gasteiger partial charge in [0.2, 0.25) is 0 Å². The number of hydrogen-bond donors (Lipinski definition) is 0. The van der Waals surface area contributed by atoms with E-state index in [1.165, 1.54) is 15.6 Å². The highest BCUT2D eigenvalue weighted by Gasteiger charge is 2.35. The average Bonchev–Trinajstić information content (AvgIpc) is 2.45. The Kier molecular flexibility index (Phi) is 2.63. The SMILES string of the molecule is Cc1nc2c(s1)CN(C(C)C)CC2(C)C. The molecule has 1 aliphatic heterocycles. The molecule has 0 fully saturated rings. The van der Waals surface area contributed by atoms with Gasteiger partial charge in [0, 0.05) is 29.4 Å². The van der Waals surface area contributed by atoms with Crippen LogP contribution in [-0.2, 0) is 12.0 Å². The van der Waals surface area contributed by atoms with E-state index in [0.717, 1.165) is 13.1 Å². The van der Waals surface area contributed by atoms with Crippen LogP contribution in [0, 0.1) is 6.92 Å². The molecule has 0 aromatic carbocycles. The van der Waals surface area contributed by atoms with Gasteiger partial charge >= 0.3 is 0 Å². The highest BCUT2D eigenvalue weighted by atomic mass is 32.1. The molecular formula is C12H20N2S. The lowest BCUT2D eigenvalue weighted by Crippen LogP contribution is -2.44. The largest absolute Gasteiger partial charge is 0.295 e. The van der Waals surface area contributed by atoms with Crippen molar-refractivity contribution in [3.8, 4) is 0 Å². The molecule has 0 aliphatic carbocycles. The van der Waals surface area contributed by atoms with E-state index in [2.05, 4.69) is 44.5 Å². The molecule has 2 heterocycles. The molecule has 0 radical (unpaired) electrons. The normalized spacial score (nSPS) is 20.7. The molecule has 0 saturated heterocycles. The van der Waals surface area contributed by atoms with Crippen molar-refractivity contribution in [2.24, 2.45) is 0 Å². The molecule has 0 atom stereocenters. The van der Waals surface area contributed by atoms with E-state index < -0.39 is 0 Å². The van der Waals surface area contributed by atoms with Gasteiger partial charge in [-0.15, -0.1) is 11.3 Å². The first kappa shape index (κ1) is 11.1. The molecule has 2 rings (SSSR count). The number of nitrogens with zero attached hydrogens (tertiary/aromatic N) is 2. The van der Waals surface area contributed by atoms with Crippen LogP contribution in [0.2, 0.25) is 0 Å². The monoisotopic (exact) mass is 224 g/mol. The van der Waals surface area contributed by atoms with E-state index in [1.54, 1.807) is 0 Å². The Balaban J connectivity index is 2.39. The van der Waals surface area contributed by atoms with Crippen molar-refractivity contribution in [2.45, 2.75) is 52.6 Å². The number of hydrogen-bond acceptors (Lipinski definition) is 3. The van der Waals surface area contributed by atoms with E-state index in [-0.39, 0.29) is 5.41 Å². The van der Waals surface area contributed by atoms with Gasteiger partial charge in [-0.05, 0) is 20.8 Å². The van der Waals surface area contributed by atoms with E-state index in [4.69, 9.17) is 0 Å². The van der Waals surface area contributed by atoms with Crippen molar-refractivity contribution < 1.29 is 0 Å². The Bertz CT molecular complexity index is 366. The van der Waals surface area contributed by atoms with Gasteiger partial charge in [0.05, 0.1) is 10.7 Å². The second-order valence-electron chi connectivity index (χ2n) is 5.39. The highest BCUT2D eigenvalue weighted by Crippen LogP contribution is 2.36. The summed E-state index contributed by atoms with van der Waals surface area (Å²) in [5.41, 5.74) is 1.55. The fourth-order valence-corrected chi connectivity index (χ4v) is 3.44. The number of thiazole rings is 1. The fourth-order valence-electron chi connectivity index (χ4n) is 2.29. The van der Waals surface area contributed by atoms with E-state index in [0.29, 0.717) is 6.04 Å². The molecule has 1 aromatic heterocycles. The van der Waals surface area contributed by atoms with Crippen molar-refractivity contribution in [3.05, 3.63) is 15.6 Å². The van der Waals surface area contributed by atoms with Crippen LogP contribution in [-0.4, -0.2) is 22.5 Å². The summed E-state index contributed by atoms with van der Waals surface area (Å²) < 4.78 is 0. The van der Waals surface area contributed by atoms with Gasteiger partial charge in [-0.25, -0.2) is 4.98 Å². The first-order valence-corrected chi connectivity index (χ1v) is 6.42. The molecule has 0 spiro atoms. The van der Waals surface area contributed by atoms with Crippen LogP contribution < -0.4 is 0 Å². The summed E-state index contributed by atoms with van der Waals surface area (Å²) in [6, 6.07) is 0.625. The Morgan fingerprint density at radius 2 is 2.07 bits per heavy atom. The second-order valence-corrected chi connectivity index (χ2v) is 6.68. The van der Waals surface area contributed by atoms with E-state index >= 15 is 0 Å². The zero-order valence-corrected chi connectivity index (χ0v) is 11.1. The first-order chi connectivity index (χ1) is 6.90. The van der Waals surface area contributed by atoms with E-state index in [9.17, 15) is 0 Å². The Labute approximate surface area is 96.3 Å². The maximum absolute atomic E-state index is 4.69. The van der Waals surface area contributed by atoms with Gasteiger partial charge < -0.3 is 0 Å². The minimum atomic E-state index is 0.211. The lowest BCUT2D eigenvalue weighted by Gasteiger charge is -2.39. The van der Waals surface area contributed by atoms with Gasteiger partial charge in [0.15, 0.2) is 0 Å². The molecule has 0 N–H and O–H groups in total. The average molecular weight is 224 g/mol. The maximum Gasteiger partial charge on any atom is 0.0900 e. The lowest BCUT2D eigenvalue weighted by molar-refractivity contribution is 0.155. The molecule has 3 heteroatoms. The third-order valence-electron chi connectivity index (χ3n) is 3.12. The van der Waals surface area contributed by atoms with Crippen molar-refractivity contribution in [1.82, 2.24) is 9.88 Å². The summed E-state index contributed by atoms with van der Waals surface area (Å²) >= 11 is 1.86. The van der Waals surface area contributed by atoms with Crippen LogP contribution >= 0.6 is 11.3 Å². The smallest absolute Gasteiger partial charge is 0.0900 e. The lowest BCUT2D eigenvalue weighted by atomic mass is 9.84. The van der Waals surface area contributed by atoms with Crippen molar-refractivity contribution in [2.75, 3.05) is 6.54 Å². The van der Waals surface area contributed by atoms with Gasteiger partial charge in [0.25, 0.3) is 0 Å². The van der Waals surface area contributed by atoms with Crippen LogP contribution in [0.5, 0.6) is 0 Å². The summed E-state index contributed by atoms with van der Waals surface area (Å²) in [7, 11) is 0. The molecule has 2 nitrogen and oxygen atoms in total. The first-order valence-electron chi connectivity index (χ1n) is 5.61. The second kappa shape index (κ2) is 3.56. The Morgan fingerprint density at radius 3 is 2.67 bits per heavy atom. The number of aryl methyl sites for hydroxylation is 1. The summed E-state index contributed by atoms with van der Waals surface area (Å²) in [6.45, 7) is 13.5. The molecule has 15 heavy (non-hydrogen) atoms. The van der Waals surface area contributed by atoms with Gasteiger partial charge in [0.1, 0.15) is 0 Å². The van der Waals surface area contributed by atoms with Crippen LogP contribution in [0.15, 0.2) is 0 Å². The van der Waals surface area contributed by atoms with Crippen molar-refractivity contribution >= 4 is 11.3 Å². The molecule has 0 bridgehead atoms. The van der Waals surface area contributed by atoms with E-state index in [1.807, 2.05) is 11.3 Å². The number of fused-ring (bicyclic) bond motifs is 1. The van der Waals surface area contributed by atoms with Crippen LogP contribution in [0.25, 0.3) is 0 Å².